The van der Waals surface area contributed by atoms with Gasteiger partial charge in [-0.05, 0) is 30.1 Å². The minimum absolute atomic E-state index is 0.177. The molecule has 0 bridgehead atoms. The van der Waals surface area contributed by atoms with Gasteiger partial charge >= 0.3 is 0 Å². The van der Waals surface area contributed by atoms with Crippen molar-refractivity contribution in [3.05, 3.63) is 34.3 Å². The molecule has 0 spiro atoms. The largest absolute Gasteiger partial charge is 0.355 e. The Hall–Kier alpha value is -2.12. The summed E-state index contributed by atoms with van der Waals surface area (Å²) < 4.78 is 5.45. The van der Waals surface area contributed by atoms with Gasteiger partial charge < -0.3 is 14.3 Å². The smallest absolute Gasteiger partial charge is 0.265 e. The van der Waals surface area contributed by atoms with E-state index in [1.807, 2.05) is 19.0 Å². The van der Waals surface area contributed by atoms with Crippen molar-refractivity contribution < 1.29 is 4.52 Å². The summed E-state index contributed by atoms with van der Waals surface area (Å²) in [4.78, 5) is 17.7. The van der Waals surface area contributed by atoms with Gasteiger partial charge in [-0.25, -0.2) is 4.98 Å². The maximum Gasteiger partial charge on any atom is 0.265 e. The minimum Gasteiger partial charge on any atom is -0.355 e. The Morgan fingerprint density at radius 1 is 1.15 bits per heavy atom. The lowest BCUT2D eigenvalue weighted by Gasteiger charge is -2.31. The average molecular weight is 393 g/mol. The van der Waals surface area contributed by atoms with Gasteiger partial charge in [-0.2, -0.15) is 4.98 Å². The molecule has 4 rings (SSSR count). The standard InChI is InChI=1S/C17H18Cl2N6O/c1-24(2)17-22-16(26-23-17)10-4-3-5-25(9-10)15-8-20-13-6-11(18)12(19)7-14(13)21-15/h6-8,10H,3-5,9H2,1-2H3. The van der Waals surface area contributed by atoms with E-state index >= 15 is 0 Å². The predicted octanol–water partition coefficient (Wildman–Crippen LogP) is 3.77. The van der Waals surface area contributed by atoms with Crippen molar-refractivity contribution in [2.45, 2.75) is 18.8 Å². The number of piperidine rings is 1. The first-order chi connectivity index (χ1) is 12.5. The van der Waals surface area contributed by atoms with Crippen LogP contribution in [0.5, 0.6) is 0 Å². The van der Waals surface area contributed by atoms with E-state index in [2.05, 4.69) is 20.0 Å². The highest BCUT2D eigenvalue weighted by molar-refractivity contribution is 6.42. The number of fused-ring (bicyclic) bond motifs is 1. The van der Waals surface area contributed by atoms with E-state index < -0.39 is 0 Å². The lowest BCUT2D eigenvalue weighted by Crippen LogP contribution is -2.35. The fourth-order valence-electron chi connectivity index (χ4n) is 3.11. The summed E-state index contributed by atoms with van der Waals surface area (Å²) >= 11 is 12.2. The van der Waals surface area contributed by atoms with Crippen LogP contribution < -0.4 is 9.80 Å². The Morgan fingerprint density at radius 2 is 1.92 bits per heavy atom. The molecule has 0 amide bonds. The molecule has 0 saturated carbocycles. The molecule has 9 heteroatoms. The molecule has 2 aromatic heterocycles. The van der Waals surface area contributed by atoms with Crippen LogP contribution in [0.4, 0.5) is 11.8 Å². The Labute approximate surface area is 160 Å². The molecule has 1 aliphatic rings. The maximum absolute atomic E-state index is 6.11. The van der Waals surface area contributed by atoms with Crippen molar-refractivity contribution in [1.82, 2.24) is 20.1 Å². The first kappa shape index (κ1) is 17.3. The number of benzene rings is 1. The SMILES string of the molecule is CN(C)c1noc(C2CCCN(c3cnc4cc(Cl)c(Cl)cc4n3)C2)n1. The number of hydrogen-bond acceptors (Lipinski definition) is 7. The number of halogens is 2. The quantitative estimate of drug-likeness (QED) is 0.671. The molecular weight excluding hydrogens is 375 g/mol. The van der Waals surface area contributed by atoms with E-state index in [9.17, 15) is 0 Å². The number of nitrogens with zero attached hydrogens (tertiary/aromatic N) is 6. The zero-order valence-corrected chi connectivity index (χ0v) is 16.0. The van der Waals surface area contributed by atoms with Crippen molar-refractivity contribution in [3.8, 4) is 0 Å². The van der Waals surface area contributed by atoms with Gasteiger partial charge in [0.1, 0.15) is 5.82 Å². The average Bonchev–Trinajstić information content (AvgIpc) is 3.13. The van der Waals surface area contributed by atoms with Crippen LogP contribution in [0, 0.1) is 0 Å². The fraction of sp³-hybridized carbons (Fsp3) is 0.412. The fourth-order valence-corrected chi connectivity index (χ4v) is 3.43. The second-order valence-electron chi connectivity index (χ2n) is 6.60. The molecule has 0 radical (unpaired) electrons. The van der Waals surface area contributed by atoms with Crippen molar-refractivity contribution in [1.29, 1.82) is 0 Å². The van der Waals surface area contributed by atoms with Crippen LogP contribution in [0.1, 0.15) is 24.7 Å². The molecule has 26 heavy (non-hydrogen) atoms. The van der Waals surface area contributed by atoms with Gasteiger partial charge in [0.15, 0.2) is 0 Å². The third-order valence-electron chi connectivity index (χ3n) is 4.50. The molecule has 1 saturated heterocycles. The van der Waals surface area contributed by atoms with Crippen LogP contribution >= 0.6 is 23.2 Å². The second-order valence-corrected chi connectivity index (χ2v) is 7.41. The molecule has 1 unspecified atom stereocenters. The van der Waals surface area contributed by atoms with Gasteiger partial charge in [-0.1, -0.05) is 23.2 Å². The number of aromatic nitrogens is 4. The molecular formula is C17H18Cl2N6O. The van der Waals surface area contributed by atoms with Gasteiger partial charge in [-0.3, -0.25) is 4.98 Å². The van der Waals surface area contributed by atoms with Crippen LogP contribution in [-0.4, -0.2) is 47.3 Å². The second kappa shape index (κ2) is 6.89. The van der Waals surface area contributed by atoms with Crippen LogP contribution in [0.25, 0.3) is 11.0 Å². The van der Waals surface area contributed by atoms with Crippen LogP contribution in [0.15, 0.2) is 22.9 Å². The van der Waals surface area contributed by atoms with E-state index in [4.69, 9.17) is 32.7 Å². The van der Waals surface area contributed by atoms with Crippen LogP contribution in [0.2, 0.25) is 10.0 Å². The summed E-state index contributed by atoms with van der Waals surface area (Å²) in [6.45, 7) is 1.67. The van der Waals surface area contributed by atoms with Crippen molar-refractivity contribution in [2.75, 3.05) is 37.0 Å². The molecule has 3 heterocycles. The van der Waals surface area contributed by atoms with E-state index in [1.54, 1.807) is 18.3 Å². The normalized spacial score (nSPS) is 17.7. The summed E-state index contributed by atoms with van der Waals surface area (Å²) in [7, 11) is 3.79. The van der Waals surface area contributed by atoms with Gasteiger partial charge in [0.05, 0.1) is 33.2 Å². The zero-order valence-electron chi connectivity index (χ0n) is 14.5. The summed E-state index contributed by atoms with van der Waals surface area (Å²) in [6, 6.07) is 3.48. The molecule has 1 aliphatic heterocycles. The zero-order chi connectivity index (χ0) is 18.3. The maximum atomic E-state index is 6.11. The monoisotopic (exact) mass is 392 g/mol. The van der Waals surface area contributed by atoms with E-state index in [-0.39, 0.29) is 5.92 Å². The summed E-state index contributed by atoms with van der Waals surface area (Å²) in [5.41, 5.74) is 1.45. The van der Waals surface area contributed by atoms with Crippen LogP contribution in [-0.2, 0) is 0 Å². The highest BCUT2D eigenvalue weighted by Crippen LogP contribution is 2.31. The van der Waals surface area contributed by atoms with Gasteiger partial charge in [0, 0.05) is 27.2 Å². The van der Waals surface area contributed by atoms with Crippen LogP contribution in [0.3, 0.4) is 0 Å². The molecule has 3 aromatic rings. The molecule has 1 aromatic carbocycles. The highest BCUT2D eigenvalue weighted by atomic mass is 35.5. The van der Waals surface area contributed by atoms with E-state index in [0.717, 1.165) is 42.8 Å². The molecule has 1 atom stereocenters. The predicted molar refractivity (Wildman–Crippen MR) is 102 cm³/mol. The van der Waals surface area contributed by atoms with Gasteiger partial charge in [0.25, 0.3) is 5.95 Å². The number of hydrogen-bond donors (Lipinski definition) is 0. The summed E-state index contributed by atoms with van der Waals surface area (Å²) in [5.74, 6) is 2.25. The van der Waals surface area contributed by atoms with E-state index in [1.165, 1.54) is 0 Å². The van der Waals surface area contributed by atoms with Crippen molar-refractivity contribution in [2.24, 2.45) is 0 Å². The molecule has 0 N–H and O–H groups in total. The Balaban J connectivity index is 1.59. The first-order valence-corrected chi connectivity index (χ1v) is 9.14. The first-order valence-electron chi connectivity index (χ1n) is 8.39. The summed E-state index contributed by atoms with van der Waals surface area (Å²) in [5, 5.41) is 4.97. The molecule has 7 nitrogen and oxygen atoms in total. The summed E-state index contributed by atoms with van der Waals surface area (Å²) in [6.07, 6.45) is 3.80. The third-order valence-corrected chi connectivity index (χ3v) is 5.22. The Morgan fingerprint density at radius 3 is 2.65 bits per heavy atom. The number of anilines is 2. The minimum atomic E-state index is 0.177. The number of rotatable bonds is 3. The third kappa shape index (κ3) is 3.29. The Bertz CT molecular complexity index is 944. The van der Waals surface area contributed by atoms with Gasteiger partial charge in [0.2, 0.25) is 5.89 Å². The highest BCUT2D eigenvalue weighted by Gasteiger charge is 2.27. The lowest BCUT2D eigenvalue weighted by atomic mass is 9.98. The van der Waals surface area contributed by atoms with Crippen molar-refractivity contribution >= 4 is 46.0 Å². The molecule has 0 aliphatic carbocycles. The molecule has 136 valence electrons. The van der Waals surface area contributed by atoms with Gasteiger partial charge in [-0.15, -0.1) is 0 Å². The molecule has 1 fully saturated rings. The van der Waals surface area contributed by atoms with E-state index in [0.29, 0.717) is 21.9 Å². The van der Waals surface area contributed by atoms with Crippen molar-refractivity contribution in [3.63, 3.8) is 0 Å². The topological polar surface area (TPSA) is 71.2 Å². The lowest BCUT2D eigenvalue weighted by molar-refractivity contribution is 0.332. The Kier molecular flexibility index (Phi) is 4.58.